The number of nitrogens with one attached hydrogen (secondary N) is 1. The molecule has 0 bridgehead atoms. The van der Waals surface area contributed by atoms with Crippen molar-refractivity contribution >= 4 is 33.6 Å². The van der Waals surface area contributed by atoms with E-state index in [1.165, 1.54) is 20.0 Å². The van der Waals surface area contributed by atoms with Gasteiger partial charge in [0.1, 0.15) is 0 Å². The molecule has 1 saturated heterocycles. The standard InChI is InChI=1S/C15H16BrNO5/c1-15(2)21-13(18)11(14(19)22-15)7-17-12-6-10(16)5-4-9(12)8-20-3/h4-7,17H,8H2,1-3H3. The Kier molecular flexibility index (Phi) is 4.87. The summed E-state index contributed by atoms with van der Waals surface area (Å²) in [4.78, 5) is 23.7. The molecule has 118 valence electrons. The summed E-state index contributed by atoms with van der Waals surface area (Å²) in [5.41, 5.74) is 1.39. The molecule has 1 heterocycles. The topological polar surface area (TPSA) is 73.9 Å². The van der Waals surface area contributed by atoms with Crippen molar-refractivity contribution in [3.05, 3.63) is 40.0 Å². The first-order valence-corrected chi connectivity index (χ1v) is 7.32. The maximum atomic E-state index is 11.9. The number of ether oxygens (including phenoxy) is 3. The Hall–Kier alpha value is -1.86. The second kappa shape index (κ2) is 6.50. The Balaban J connectivity index is 2.23. The van der Waals surface area contributed by atoms with Gasteiger partial charge in [-0.15, -0.1) is 0 Å². The quantitative estimate of drug-likeness (QED) is 0.499. The summed E-state index contributed by atoms with van der Waals surface area (Å²) >= 11 is 3.37. The van der Waals surface area contributed by atoms with Gasteiger partial charge in [-0.05, 0) is 12.1 Å². The van der Waals surface area contributed by atoms with E-state index in [0.717, 1.165) is 10.0 Å². The molecule has 0 aliphatic carbocycles. The molecule has 0 radical (unpaired) electrons. The van der Waals surface area contributed by atoms with Crippen molar-refractivity contribution in [3.63, 3.8) is 0 Å². The predicted molar refractivity (Wildman–Crippen MR) is 82.8 cm³/mol. The summed E-state index contributed by atoms with van der Waals surface area (Å²) in [5, 5.41) is 2.92. The lowest BCUT2D eigenvalue weighted by Gasteiger charge is -2.29. The van der Waals surface area contributed by atoms with Gasteiger partial charge in [0, 0.05) is 42.9 Å². The fourth-order valence-corrected chi connectivity index (χ4v) is 2.25. The number of halogens is 1. The van der Waals surface area contributed by atoms with E-state index in [2.05, 4.69) is 21.2 Å². The summed E-state index contributed by atoms with van der Waals surface area (Å²) in [5.74, 6) is -2.70. The van der Waals surface area contributed by atoms with Crippen molar-refractivity contribution in [2.45, 2.75) is 26.2 Å². The largest absolute Gasteiger partial charge is 0.419 e. The molecule has 6 nitrogen and oxygen atoms in total. The number of esters is 2. The van der Waals surface area contributed by atoms with Crippen molar-refractivity contribution in [1.82, 2.24) is 0 Å². The number of benzene rings is 1. The van der Waals surface area contributed by atoms with Gasteiger partial charge < -0.3 is 19.5 Å². The van der Waals surface area contributed by atoms with Crippen LogP contribution in [0.25, 0.3) is 0 Å². The molecule has 1 aromatic rings. The molecule has 0 unspecified atom stereocenters. The van der Waals surface area contributed by atoms with E-state index in [1.54, 1.807) is 7.11 Å². The van der Waals surface area contributed by atoms with Gasteiger partial charge in [0.25, 0.3) is 5.79 Å². The third-order valence-electron chi connectivity index (χ3n) is 2.86. The molecule has 2 rings (SSSR count). The number of hydrogen-bond donors (Lipinski definition) is 1. The highest BCUT2D eigenvalue weighted by Gasteiger charge is 2.38. The number of carbonyl (C=O) groups excluding carboxylic acids is 2. The van der Waals surface area contributed by atoms with Gasteiger partial charge in [0.05, 0.1) is 6.61 Å². The van der Waals surface area contributed by atoms with Gasteiger partial charge in [0.2, 0.25) is 0 Å². The summed E-state index contributed by atoms with van der Waals surface area (Å²) in [7, 11) is 1.59. The van der Waals surface area contributed by atoms with Crippen LogP contribution in [0.4, 0.5) is 5.69 Å². The fraction of sp³-hybridized carbons (Fsp3) is 0.333. The molecule has 22 heavy (non-hydrogen) atoms. The second-order valence-corrected chi connectivity index (χ2v) is 6.03. The molecule has 0 spiro atoms. The molecule has 1 fully saturated rings. The molecule has 1 aromatic carbocycles. The Morgan fingerprint density at radius 2 is 1.91 bits per heavy atom. The number of anilines is 1. The molecule has 0 saturated carbocycles. The van der Waals surface area contributed by atoms with E-state index in [1.807, 2.05) is 18.2 Å². The van der Waals surface area contributed by atoms with Crippen LogP contribution >= 0.6 is 15.9 Å². The van der Waals surface area contributed by atoms with Crippen LogP contribution in [0, 0.1) is 0 Å². The first kappa shape index (κ1) is 16.5. The van der Waals surface area contributed by atoms with Crippen LogP contribution < -0.4 is 5.32 Å². The van der Waals surface area contributed by atoms with E-state index in [4.69, 9.17) is 14.2 Å². The highest BCUT2D eigenvalue weighted by atomic mass is 79.9. The minimum Gasteiger partial charge on any atom is -0.419 e. The molecular formula is C15H16BrNO5. The van der Waals surface area contributed by atoms with Gasteiger partial charge >= 0.3 is 11.9 Å². The molecule has 0 aromatic heterocycles. The van der Waals surface area contributed by atoms with Crippen LogP contribution in [0.1, 0.15) is 19.4 Å². The van der Waals surface area contributed by atoms with Gasteiger partial charge in [-0.2, -0.15) is 0 Å². The Morgan fingerprint density at radius 3 is 2.50 bits per heavy atom. The van der Waals surface area contributed by atoms with E-state index in [-0.39, 0.29) is 5.57 Å². The lowest BCUT2D eigenvalue weighted by atomic mass is 10.2. The van der Waals surface area contributed by atoms with Crippen LogP contribution in [0.5, 0.6) is 0 Å². The van der Waals surface area contributed by atoms with Crippen LogP contribution in [-0.4, -0.2) is 24.8 Å². The maximum absolute atomic E-state index is 11.9. The average Bonchev–Trinajstić information content (AvgIpc) is 2.39. The lowest BCUT2D eigenvalue weighted by molar-refractivity contribution is -0.222. The highest BCUT2D eigenvalue weighted by Crippen LogP contribution is 2.25. The molecule has 1 aliphatic heterocycles. The first-order valence-electron chi connectivity index (χ1n) is 6.53. The van der Waals surface area contributed by atoms with Crippen molar-refractivity contribution in [3.8, 4) is 0 Å². The molecule has 0 atom stereocenters. The van der Waals surface area contributed by atoms with Crippen molar-refractivity contribution in [2.24, 2.45) is 0 Å². The SMILES string of the molecule is COCc1ccc(Br)cc1NC=C1C(=O)OC(C)(C)OC1=O. The van der Waals surface area contributed by atoms with Crippen LogP contribution in [0.2, 0.25) is 0 Å². The molecule has 1 aliphatic rings. The zero-order valence-corrected chi connectivity index (χ0v) is 14.0. The van der Waals surface area contributed by atoms with E-state index in [0.29, 0.717) is 12.3 Å². The van der Waals surface area contributed by atoms with Crippen molar-refractivity contribution in [1.29, 1.82) is 0 Å². The number of rotatable bonds is 4. The van der Waals surface area contributed by atoms with Gasteiger partial charge in [-0.1, -0.05) is 22.0 Å². The van der Waals surface area contributed by atoms with E-state index < -0.39 is 17.7 Å². The summed E-state index contributed by atoms with van der Waals surface area (Å²) in [6, 6.07) is 5.56. The number of cyclic esters (lactones) is 2. The zero-order valence-electron chi connectivity index (χ0n) is 12.4. The molecule has 7 heteroatoms. The summed E-state index contributed by atoms with van der Waals surface area (Å²) in [6.07, 6.45) is 1.28. The Labute approximate surface area is 136 Å². The number of hydrogen-bond acceptors (Lipinski definition) is 6. The average molecular weight is 370 g/mol. The normalized spacial score (nSPS) is 16.8. The minimum absolute atomic E-state index is 0.192. The molecule has 0 amide bonds. The summed E-state index contributed by atoms with van der Waals surface area (Å²) < 4.78 is 16.0. The van der Waals surface area contributed by atoms with E-state index in [9.17, 15) is 9.59 Å². The van der Waals surface area contributed by atoms with Crippen LogP contribution in [0.15, 0.2) is 34.4 Å². The van der Waals surface area contributed by atoms with Gasteiger partial charge in [-0.3, -0.25) is 0 Å². The van der Waals surface area contributed by atoms with Gasteiger partial charge in [0.15, 0.2) is 5.57 Å². The third-order valence-corrected chi connectivity index (χ3v) is 3.35. The van der Waals surface area contributed by atoms with E-state index >= 15 is 0 Å². The predicted octanol–water partition coefficient (Wildman–Crippen LogP) is 2.73. The number of carbonyl (C=O) groups is 2. The second-order valence-electron chi connectivity index (χ2n) is 5.12. The van der Waals surface area contributed by atoms with Gasteiger partial charge in [-0.25, -0.2) is 9.59 Å². The first-order chi connectivity index (χ1) is 10.3. The van der Waals surface area contributed by atoms with Crippen molar-refractivity contribution < 1.29 is 23.8 Å². The number of methoxy groups -OCH3 is 1. The monoisotopic (exact) mass is 369 g/mol. The molecule has 1 N–H and O–H groups in total. The maximum Gasteiger partial charge on any atom is 0.350 e. The zero-order chi connectivity index (χ0) is 16.3. The third kappa shape index (κ3) is 3.86. The minimum atomic E-state index is -1.25. The van der Waals surface area contributed by atoms with Crippen molar-refractivity contribution in [2.75, 3.05) is 12.4 Å². The fourth-order valence-electron chi connectivity index (χ4n) is 1.89. The summed E-state index contributed by atoms with van der Waals surface area (Å²) in [6.45, 7) is 3.39. The van der Waals surface area contributed by atoms with Crippen LogP contribution in [0.3, 0.4) is 0 Å². The Bertz CT molecular complexity index is 617. The lowest BCUT2D eigenvalue weighted by Crippen LogP contribution is -2.42. The molecular weight excluding hydrogens is 354 g/mol. The highest BCUT2D eigenvalue weighted by molar-refractivity contribution is 9.10. The Morgan fingerprint density at radius 1 is 1.27 bits per heavy atom. The smallest absolute Gasteiger partial charge is 0.350 e. The van der Waals surface area contributed by atoms with Crippen LogP contribution in [-0.2, 0) is 30.4 Å².